The van der Waals surface area contributed by atoms with Gasteiger partial charge < -0.3 is 15.0 Å². The number of nitrogens with one attached hydrogen (secondary N) is 1. The van der Waals surface area contributed by atoms with Crippen molar-refractivity contribution in [2.24, 2.45) is 0 Å². The van der Waals surface area contributed by atoms with Gasteiger partial charge in [0, 0.05) is 26.2 Å². The normalized spacial score (nSPS) is 19.8. The molecular formula is C16H26N2O. The number of benzene rings is 1. The molecule has 0 radical (unpaired) electrons. The maximum Gasteiger partial charge on any atom is 0.0713 e. The third-order valence-corrected chi connectivity index (χ3v) is 3.73. The Morgan fingerprint density at radius 1 is 1.21 bits per heavy atom. The molecule has 0 aliphatic carbocycles. The molecule has 1 fully saturated rings. The van der Waals surface area contributed by atoms with Crippen LogP contribution in [0.5, 0.6) is 0 Å². The highest BCUT2D eigenvalue weighted by Gasteiger charge is 2.14. The summed E-state index contributed by atoms with van der Waals surface area (Å²) in [5.41, 5.74) is 2.61. The van der Waals surface area contributed by atoms with Crippen molar-refractivity contribution in [2.45, 2.75) is 38.5 Å². The topological polar surface area (TPSA) is 24.5 Å². The van der Waals surface area contributed by atoms with E-state index in [-0.39, 0.29) is 0 Å². The lowest BCUT2D eigenvalue weighted by Crippen LogP contribution is -2.42. The van der Waals surface area contributed by atoms with Crippen LogP contribution in [0.2, 0.25) is 0 Å². The van der Waals surface area contributed by atoms with Gasteiger partial charge in [0.05, 0.1) is 6.61 Å². The molecule has 0 aromatic heterocycles. The van der Waals surface area contributed by atoms with Crippen LogP contribution in [0.1, 0.15) is 30.4 Å². The van der Waals surface area contributed by atoms with E-state index in [0.717, 1.165) is 13.1 Å². The summed E-state index contributed by atoms with van der Waals surface area (Å²) in [6, 6.07) is 9.40. The van der Waals surface area contributed by atoms with Gasteiger partial charge in [0.1, 0.15) is 0 Å². The average molecular weight is 262 g/mol. The van der Waals surface area contributed by atoms with Crippen molar-refractivity contribution >= 4 is 0 Å². The smallest absolute Gasteiger partial charge is 0.0713 e. The van der Waals surface area contributed by atoms with Crippen molar-refractivity contribution in [2.75, 3.05) is 27.2 Å². The fourth-order valence-electron chi connectivity index (χ4n) is 2.74. The molecule has 1 unspecified atom stereocenters. The molecule has 1 aromatic rings. The SMILES string of the molecule is COCc1ccc(CN(C)CC2CCCCN2)cc1. The molecule has 1 heterocycles. The zero-order chi connectivity index (χ0) is 13.5. The van der Waals surface area contributed by atoms with Crippen molar-refractivity contribution in [3.05, 3.63) is 35.4 Å². The summed E-state index contributed by atoms with van der Waals surface area (Å²) in [5.74, 6) is 0. The minimum atomic E-state index is 0.673. The summed E-state index contributed by atoms with van der Waals surface area (Å²) in [6.07, 6.45) is 4.02. The van der Waals surface area contributed by atoms with E-state index in [1.54, 1.807) is 7.11 Å². The molecule has 0 spiro atoms. The van der Waals surface area contributed by atoms with Crippen molar-refractivity contribution < 1.29 is 4.74 Å². The third kappa shape index (κ3) is 4.94. The predicted octanol–water partition coefficient (Wildman–Crippen LogP) is 2.41. The molecule has 106 valence electrons. The fourth-order valence-corrected chi connectivity index (χ4v) is 2.74. The first-order valence-corrected chi connectivity index (χ1v) is 7.26. The number of piperidine rings is 1. The van der Waals surface area contributed by atoms with Gasteiger partial charge >= 0.3 is 0 Å². The molecule has 3 nitrogen and oxygen atoms in total. The van der Waals surface area contributed by atoms with Crippen molar-refractivity contribution in [1.29, 1.82) is 0 Å². The highest BCUT2D eigenvalue weighted by atomic mass is 16.5. The van der Waals surface area contributed by atoms with Crippen molar-refractivity contribution in [3.63, 3.8) is 0 Å². The van der Waals surface area contributed by atoms with Gasteiger partial charge in [0.25, 0.3) is 0 Å². The first-order valence-electron chi connectivity index (χ1n) is 7.26. The minimum Gasteiger partial charge on any atom is -0.380 e. The van der Waals surface area contributed by atoms with E-state index in [0.29, 0.717) is 12.6 Å². The van der Waals surface area contributed by atoms with Gasteiger partial charge in [-0.3, -0.25) is 0 Å². The van der Waals surface area contributed by atoms with Crippen LogP contribution in [-0.2, 0) is 17.9 Å². The Labute approximate surface area is 116 Å². The van der Waals surface area contributed by atoms with Gasteiger partial charge in [0.2, 0.25) is 0 Å². The van der Waals surface area contributed by atoms with Crippen LogP contribution in [-0.4, -0.2) is 38.2 Å². The largest absolute Gasteiger partial charge is 0.380 e. The van der Waals surface area contributed by atoms with Gasteiger partial charge in [-0.05, 0) is 37.6 Å². The van der Waals surface area contributed by atoms with Gasteiger partial charge in [-0.25, -0.2) is 0 Å². The molecule has 0 saturated carbocycles. The van der Waals surface area contributed by atoms with Gasteiger partial charge in [-0.2, -0.15) is 0 Å². The molecule has 1 aliphatic rings. The molecule has 3 heteroatoms. The minimum absolute atomic E-state index is 0.673. The van der Waals surface area contributed by atoms with E-state index in [1.807, 2.05) is 0 Å². The molecule has 1 aliphatic heterocycles. The Hall–Kier alpha value is -0.900. The van der Waals surface area contributed by atoms with Crippen molar-refractivity contribution in [3.8, 4) is 0 Å². The summed E-state index contributed by atoms with van der Waals surface area (Å²) >= 11 is 0. The Morgan fingerprint density at radius 3 is 2.58 bits per heavy atom. The molecular weight excluding hydrogens is 236 g/mol. The molecule has 1 N–H and O–H groups in total. The second-order valence-electron chi connectivity index (χ2n) is 5.59. The van der Waals surface area contributed by atoms with Crippen LogP contribution >= 0.6 is 0 Å². The van der Waals surface area contributed by atoms with Crippen LogP contribution in [0.3, 0.4) is 0 Å². The number of ether oxygens (including phenoxy) is 1. The maximum atomic E-state index is 5.13. The lowest BCUT2D eigenvalue weighted by Gasteiger charge is -2.28. The molecule has 1 saturated heterocycles. The monoisotopic (exact) mass is 262 g/mol. The van der Waals surface area contributed by atoms with Crippen LogP contribution < -0.4 is 5.32 Å². The molecule has 0 bridgehead atoms. The van der Waals surface area contributed by atoms with E-state index >= 15 is 0 Å². The molecule has 19 heavy (non-hydrogen) atoms. The molecule has 0 amide bonds. The lowest BCUT2D eigenvalue weighted by molar-refractivity contribution is 0.185. The number of hydrogen-bond acceptors (Lipinski definition) is 3. The van der Waals surface area contributed by atoms with E-state index in [1.165, 1.54) is 36.9 Å². The van der Waals surface area contributed by atoms with Crippen molar-refractivity contribution in [1.82, 2.24) is 10.2 Å². The summed E-state index contributed by atoms with van der Waals surface area (Å²) in [5, 5.41) is 3.60. The van der Waals surface area contributed by atoms with E-state index in [2.05, 4.69) is 41.5 Å². The van der Waals surface area contributed by atoms with Gasteiger partial charge in [-0.15, -0.1) is 0 Å². The van der Waals surface area contributed by atoms with Crippen LogP contribution in [0.25, 0.3) is 0 Å². The Balaban J connectivity index is 1.78. The molecule has 1 atom stereocenters. The maximum absolute atomic E-state index is 5.13. The van der Waals surface area contributed by atoms with Crippen LogP contribution in [0, 0.1) is 0 Å². The summed E-state index contributed by atoms with van der Waals surface area (Å²) < 4.78 is 5.13. The fraction of sp³-hybridized carbons (Fsp3) is 0.625. The Morgan fingerprint density at radius 2 is 1.95 bits per heavy atom. The first-order chi connectivity index (χ1) is 9.28. The highest BCUT2D eigenvalue weighted by molar-refractivity contribution is 5.21. The average Bonchev–Trinajstić information content (AvgIpc) is 2.42. The van der Waals surface area contributed by atoms with Crippen LogP contribution in [0.15, 0.2) is 24.3 Å². The second-order valence-corrected chi connectivity index (χ2v) is 5.59. The van der Waals surface area contributed by atoms with Crippen LogP contribution in [0.4, 0.5) is 0 Å². The summed E-state index contributed by atoms with van der Waals surface area (Å²) in [6.45, 7) is 4.04. The van der Waals surface area contributed by atoms with E-state index in [9.17, 15) is 0 Å². The summed E-state index contributed by atoms with van der Waals surface area (Å²) in [4.78, 5) is 2.41. The number of nitrogens with zero attached hydrogens (tertiary/aromatic N) is 1. The Bertz CT molecular complexity index is 358. The number of likely N-dealkylation sites (N-methyl/N-ethyl adjacent to an activating group) is 1. The predicted molar refractivity (Wildman–Crippen MR) is 79.1 cm³/mol. The Kier molecular flexibility index (Phi) is 5.83. The lowest BCUT2D eigenvalue weighted by atomic mass is 10.0. The molecule has 2 rings (SSSR count). The van der Waals surface area contributed by atoms with E-state index in [4.69, 9.17) is 4.74 Å². The highest BCUT2D eigenvalue weighted by Crippen LogP contribution is 2.11. The molecule has 1 aromatic carbocycles. The quantitative estimate of drug-likeness (QED) is 0.852. The standard InChI is InChI=1S/C16H26N2O/c1-18(12-16-5-3-4-10-17-16)11-14-6-8-15(9-7-14)13-19-2/h6-9,16-17H,3-5,10-13H2,1-2H3. The van der Waals surface area contributed by atoms with E-state index < -0.39 is 0 Å². The second kappa shape index (κ2) is 7.63. The number of methoxy groups -OCH3 is 1. The zero-order valence-corrected chi connectivity index (χ0v) is 12.2. The number of rotatable bonds is 6. The van der Waals surface area contributed by atoms with Gasteiger partial charge in [-0.1, -0.05) is 30.7 Å². The first kappa shape index (κ1) is 14.5. The number of hydrogen-bond donors (Lipinski definition) is 1. The summed E-state index contributed by atoms with van der Waals surface area (Å²) in [7, 11) is 3.94. The third-order valence-electron chi connectivity index (χ3n) is 3.73. The van der Waals surface area contributed by atoms with Gasteiger partial charge in [0.15, 0.2) is 0 Å². The zero-order valence-electron chi connectivity index (χ0n) is 12.2.